The first-order valence-electron chi connectivity index (χ1n) is 11.3. The molecule has 0 amide bonds. The molecule has 0 spiro atoms. The van der Waals surface area contributed by atoms with Gasteiger partial charge in [0.25, 0.3) is 0 Å². The average Bonchev–Trinajstić information content (AvgIpc) is 2.74. The smallest absolute Gasteiger partial charge is 0.125 e. The molecule has 0 atom stereocenters. The zero-order chi connectivity index (χ0) is 20.0. The Kier molecular flexibility index (Phi) is 5.03. The van der Waals surface area contributed by atoms with Crippen molar-refractivity contribution in [2.24, 2.45) is 0 Å². The Morgan fingerprint density at radius 3 is 2.07 bits per heavy atom. The van der Waals surface area contributed by atoms with E-state index in [-0.39, 0.29) is 16.7 Å². The molecule has 29 heavy (non-hydrogen) atoms. The van der Waals surface area contributed by atoms with Crippen molar-refractivity contribution in [3.63, 3.8) is 0 Å². The van der Waals surface area contributed by atoms with Crippen molar-refractivity contribution >= 4 is 27.0 Å². The highest BCUT2D eigenvalue weighted by molar-refractivity contribution is 7.85. The maximum atomic E-state index is 12.8. The third kappa shape index (κ3) is 3.34. The van der Waals surface area contributed by atoms with E-state index in [2.05, 4.69) is 24.3 Å². The summed E-state index contributed by atoms with van der Waals surface area (Å²) in [5, 5.41) is 2.23. The molecule has 2 aromatic carbocycles. The van der Waals surface area contributed by atoms with Crippen molar-refractivity contribution < 1.29 is 13.0 Å². The Morgan fingerprint density at radius 1 is 0.828 bits per heavy atom. The second-order valence-electron chi connectivity index (χ2n) is 9.14. The lowest BCUT2D eigenvalue weighted by Crippen LogP contribution is -2.20. The van der Waals surface area contributed by atoms with Crippen molar-refractivity contribution in [1.82, 2.24) is 0 Å². The van der Waals surface area contributed by atoms with Crippen molar-refractivity contribution in [2.75, 3.05) is 0 Å². The van der Waals surface area contributed by atoms with Crippen LogP contribution in [0.4, 0.5) is 0 Å². The molecule has 0 aliphatic heterocycles. The van der Waals surface area contributed by atoms with Crippen LogP contribution in [0.3, 0.4) is 0 Å². The fourth-order valence-corrected chi connectivity index (χ4v) is 7.32. The Morgan fingerprint density at radius 2 is 1.45 bits per heavy atom. The molecule has 154 valence electrons. The fourth-order valence-electron chi connectivity index (χ4n) is 6.21. The molecule has 0 heterocycles. The van der Waals surface area contributed by atoms with Crippen LogP contribution in [-0.4, -0.2) is 13.0 Å². The summed E-state index contributed by atoms with van der Waals surface area (Å²) in [6.45, 7) is 0. The first kappa shape index (κ1) is 19.3. The SMILES string of the molecule is O=S(=O)([O-])c1c(C2CCCCC2)c2c3c(cccc3c1C1CCCCC1)C=CC2. The summed E-state index contributed by atoms with van der Waals surface area (Å²) in [5.74, 6) is 0.379. The van der Waals surface area contributed by atoms with Crippen molar-refractivity contribution in [2.45, 2.75) is 87.4 Å². The van der Waals surface area contributed by atoms with Gasteiger partial charge >= 0.3 is 0 Å². The summed E-state index contributed by atoms with van der Waals surface area (Å²) in [6.07, 6.45) is 15.9. The van der Waals surface area contributed by atoms with Gasteiger partial charge in [0, 0.05) is 0 Å². The van der Waals surface area contributed by atoms with Crippen LogP contribution in [-0.2, 0) is 16.5 Å². The van der Waals surface area contributed by atoms with E-state index in [1.54, 1.807) is 0 Å². The number of hydrogen-bond acceptors (Lipinski definition) is 3. The average molecular weight is 410 g/mol. The van der Waals surface area contributed by atoms with E-state index >= 15 is 0 Å². The van der Waals surface area contributed by atoms with E-state index in [9.17, 15) is 13.0 Å². The lowest BCUT2D eigenvalue weighted by Gasteiger charge is -2.35. The Bertz CT molecular complexity index is 1070. The summed E-state index contributed by atoms with van der Waals surface area (Å²) in [5.41, 5.74) is 4.03. The quantitative estimate of drug-likeness (QED) is 0.550. The van der Waals surface area contributed by atoms with Crippen LogP contribution in [0, 0.1) is 0 Å². The normalized spacial score (nSPS) is 21.0. The molecule has 3 nitrogen and oxygen atoms in total. The molecular formula is C25H29O3S-. The van der Waals surface area contributed by atoms with Crippen LogP contribution >= 0.6 is 0 Å². The molecular weight excluding hydrogens is 380 g/mol. The zero-order valence-corrected chi connectivity index (χ0v) is 17.8. The molecule has 2 saturated carbocycles. The van der Waals surface area contributed by atoms with E-state index in [1.807, 2.05) is 6.07 Å². The van der Waals surface area contributed by atoms with Gasteiger partial charge in [-0.2, -0.15) is 0 Å². The molecule has 0 unspecified atom stereocenters. The first-order chi connectivity index (χ1) is 14.1. The predicted octanol–water partition coefficient (Wildman–Crippen LogP) is 6.41. The van der Waals surface area contributed by atoms with Gasteiger partial charge in [0.1, 0.15) is 10.1 Å². The zero-order valence-electron chi connectivity index (χ0n) is 17.0. The molecule has 5 rings (SSSR count). The Balaban J connectivity index is 1.90. The second kappa shape index (κ2) is 7.55. The minimum atomic E-state index is -4.55. The lowest BCUT2D eigenvalue weighted by atomic mass is 9.74. The summed E-state index contributed by atoms with van der Waals surface area (Å²) < 4.78 is 38.4. The second-order valence-corrected chi connectivity index (χ2v) is 10.5. The minimum Gasteiger partial charge on any atom is -0.744 e. The summed E-state index contributed by atoms with van der Waals surface area (Å²) in [4.78, 5) is 0.172. The van der Waals surface area contributed by atoms with Crippen LogP contribution < -0.4 is 0 Å². The molecule has 0 bridgehead atoms. The van der Waals surface area contributed by atoms with E-state index in [1.165, 1.54) is 23.8 Å². The predicted molar refractivity (Wildman–Crippen MR) is 116 cm³/mol. The third-order valence-corrected chi connectivity index (χ3v) is 8.34. The molecule has 0 saturated heterocycles. The van der Waals surface area contributed by atoms with Gasteiger partial charge in [-0.1, -0.05) is 68.9 Å². The van der Waals surface area contributed by atoms with Gasteiger partial charge in [-0.25, -0.2) is 8.42 Å². The van der Waals surface area contributed by atoms with Crippen LogP contribution in [0.2, 0.25) is 0 Å². The van der Waals surface area contributed by atoms with E-state index in [0.717, 1.165) is 79.9 Å². The minimum absolute atomic E-state index is 0.172. The van der Waals surface area contributed by atoms with Gasteiger partial charge in [0.05, 0.1) is 4.90 Å². The van der Waals surface area contributed by atoms with Crippen LogP contribution in [0.1, 0.15) is 98.3 Å². The van der Waals surface area contributed by atoms with Gasteiger partial charge in [-0.15, -0.1) is 0 Å². The summed E-state index contributed by atoms with van der Waals surface area (Å²) >= 11 is 0. The third-order valence-electron chi connectivity index (χ3n) is 7.40. The molecule has 0 N–H and O–H groups in total. The largest absolute Gasteiger partial charge is 0.744 e. The number of allylic oxidation sites excluding steroid dienone is 1. The standard InChI is InChI=1S/C25H30O3S/c26-29(27,28)25-23(18-9-3-1-4-10-18)20-15-7-13-17-14-8-16-21(22(17)20)24(25)19-11-5-2-6-12-19/h7-8,13-15,18-19H,1-6,9-12,16H2,(H,26,27,28)/p-1. The Labute approximate surface area is 174 Å². The number of hydrogen-bond donors (Lipinski definition) is 0. The molecule has 3 aliphatic carbocycles. The van der Waals surface area contributed by atoms with E-state index in [0.29, 0.717) is 0 Å². The highest BCUT2D eigenvalue weighted by Gasteiger charge is 2.33. The Hall–Kier alpha value is -1.65. The fraction of sp³-hybridized carbons (Fsp3) is 0.520. The van der Waals surface area contributed by atoms with Gasteiger partial charge in [-0.05, 0) is 77.0 Å². The lowest BCUT2D eigenvalue weighted by molar-refractivity contribution is 0.416. The van der Waals surface area contributed by atoms with Crippen molar-refractivity contribution in [3.05, 3.63) is 46.5 Å². The molecule has 3 aliphatic rings. The molecule has 0 radical (unpaired) electrons. The van der Waals surface area contributed by atoms with Gasteiger partial charge in [0.2, 0.25) is 0 Å². The van der Waals surface area contributed by atoms with Crippen molar-refractivity contribution in [3.8, 4) is 0 Å². The maximum Gasteiger partial charge on any atom is 0.125 e. The summed E-state index contributed by atoms with van der Waals surface area (Å²) in [7, 11) is -4.55. The molecule has 2 fully saturated rings. The van der Waals surface area contributed by atoms with Gasteiger partial charge in [-0.3, -0.25) is 0 Å². The van der Waals surface area contributed by atoms with Gasteiger partial charge in [0.15, 0.2) is 0 Å². The van der Waals surface area contributed by atoms with Crippen LogP contribution in [0.5, 0.6) is 0 Å². The van der Waals surface area contributed by atoms with Crippen molar-refractivity contribution in [1.29, 1.82) is 0 Å². The number of benzene rings is 2. The number of rotatable bonds is 3. The topological polar surface area (TPSA) is 57.2 Å². The van der Waals surface area contributed by atoms with E-state index in [4.69, 9.17) is 0 Å². The summed E-state index contributed by atoms with van der Waals surface area (Å²) in [6, 6.07) is 6.21. The molecule has 2 aromatic rings. The van der Waals surface area contributed by atoms with E-state index < -0.39 is 10.1 Å². The van der Waals surface area contributed by atoms with Crippen LogP contribution in [0.15, 0.2) is 29.2 Å². The maximum absolute atomic E-state index is 12.8. The highest BCUT2D eigenvalue weighted by Crippen LogP contribution is 2.49. The highest BCUT2D eigenvalue weighted by atomic mass is 32.2. The van der Waals surface area contributed by atoms with Gasteiger partial charge < -0.3 is 4.55 Å². The molecule has 4 heteroatoms. The molecule has 0 aromatic heterocycles. The van der Waals surface area contributed by atoms with Crippen LogP contribution in [0.25, 0.3) is 16.8 Å². The first-order valence-corrected chi connectivity index (χ1v) is 12.7. The monoisotopic (exact) mass is 409 g/mol.